The van der Waals surface area contributed by atoms with Gasteiger partial charge >= 0.3 is 0 Å². The Morgan fingerprint density at radius 2 is 1.79 bits per heavy atom. The lowest BCUT2D eigenvalue weighted by molar-refractivity contribution is 0.0479. The van der Waals surface area contributed by atoms with Gasteiger partial charge in [0.05, 0.1) is 23.8 Å². The second-order valence-corrected chi connectivity index (χ2v) is 4.27. The fourth-order valence-electron chi connectivity index (χ4n) is 2.18. The molecule has 0 N–H and O–H groups in total. The molecule has 1 unspecified atom stereocenters. The highest BCUT2D eigenvalue weighted by Gasteiger charge is 2.39. The van der Waals surface area contributed by atoms with Gasteiger partial charge in [-0.25, -0.2) is 0 Å². The molecule has 0 bridgehead atoms. The SMILES string of the molecule is CC#CCC(COC)N1C(=O)c2ccccc2C1=O. The Morgan fingerprint density at radius 1 is 1.21 bits per heavy atom. The van der Waals surface area contributed by atoms with Crippen molar-refractivity contribution in [2.45, 2.75) is 19.4 Å². The van der Waals surface area contributed by atoms with Crippen LogP contribution in [0.2, 0.25) is 0 Å². The van der Waals surface area contributed by atoms with Crippen LogP contribution in [0.5, 0.6) is 0 Å². The number of benzene rings is 1. The molecule has 4 heteroatoms. The van der Waals surface area contributed by atoms with Gasteiger partial charge in [-0.15, -0.1) is 11.8 Å². The molecule has 1 atom stereocenters. The molecule has 19 heavy (non-hydrogen) atoms. The highest BCUT2D eigenvalue weighted by molar-refractivity contribution is 6.21. The zero-order valence-electron chi connectivity index (χ0n) is 11.0. The Hall–Kier alpha value is -2.12. The van der Waals surface area contributed by atoms with Crippen LogP contribution in [0.15, 0.2) is 24.3 Å². The molecule has 0 aliphatic carbocycles. The number of carbonyl (C=O) groups is 2. The zero-order chi connectivity index (χ0) is 13.8. The Kier molecular flexibility index (Phi) is 3.98. The minimum absolute atomic E-state index is 0.263. The highest BCUT2D eigenvalue weighted by atomic mass is 16.5. The molecule has 0 saturated heterocycles. The molecule has 0 spiro atoms. The molecule has 1 heterocycles. The van der Waals surface area contributed by atoms with Crippen molar-refractivity contribution in [1.82, 2.24) is 4.90 Å². The third-order valence-corrected chi connectivity index (χ3v) is 3.06. The Bertz CT molecular complexity index is 533. The predicted octanol–water partition coefficient (Wildman–Crippen LogP) is 1.71. The Balaban J connectivity index is 2.32. The molecule has 0 radical (unpaired) electrons. The van der Waals surface area contributed by atoms with Crippen molar-refractivity contribution < 1.29 is 14.3 Å². The standard InChI is InChI=1S/C15H15NO3/c1-3-4-7-11(10-19-2)16-14(17)12-8-5-6-9-13(12)15(16)18/h5-6,8-9,11H,7,10H2,1-2H3. The second-order valence-electron chi connectivity index (χ2n) is 4.27. The van der Waals surface area contributed by atoms with Crippen LogP contribution in [0.25, 0.3) is 0 Å². The van der Waals surface area contributed by atoms with Crippen LogP contribution in [-0.4, -0.2) is 36.5 Å². The first kappa shape index (κ1) is 13.3. The molecular formula is C15H15NO3. The molecular weight excluding hydrogens is 242 g/mol. The third kappa shape index (κ3) is 2.38. The second kappa shape index (κ2) is 5.68. The van der Waals surface area contributed by atoms with Crippen LogP contribution in [0, 0.1) is 11.8 Å². The largest absolute Gasteiger partial charge is 0.382 e. The molecule has 0 aromatic heterocycles. The minimum atomic E-state index is -0.343. The summed E-state index contributed by atoms with van der Waals surface area (Å²) in [7, 11) is 1.55. The van der Waals surface area contributed by atoms with Gasteiger partial charge in [0.25, 0.3) is 11.8 Å². The fraction of sp³-hybridized carbons (Fsp3) is 0.333. The quantitative estimate of drug-likeness (QED) is 0.609. The average Bonchev–Trinajstić information content (AvgIpc) is 2.68. The molecule has 0 saturated carbocycles. The molecule has 1 aromatic rings. The van der Waals surface area contributed by atoms with Gasteiger partial charge < -0.3 is 4.74 Å². The van der Waals surface area contributed by atoms with Gasteiger partial charge in [0.1, 0.15) is 0 Å². The lowest BCUT2D eigenvalue weighted by Crippen LogP contribution is -2.42. The first-order chi connectivity index (χ1) is 9.20. The van der Waals surface area contributed by atoms with Crippen LogP contribution in [-0.2, 0) is 4.74 Å². The van der Waals surface area contributed by atoms with Gasteiger partial charge in [-0.2, -0.15) is 0 Å². The summed E-state index contributed by atoms with van der Waals surface area (Å²) in [5, 5.41) is 0. The summed E-state index contributed by atoms with van der Waals surface area (Å²) in [6.07, 6.45) is 0.426. The van der Waals surface area contributed by atoms with E-state index in [9.17, 15) is 9.59 Å². The maximum absolute atomic E-state index is 12.3. The van der Waals surface area contributed by atoms with E-state index in [1.807, 2.05) is 0 Å². The van der Waals surface area contributed by atoms with Crippen molar-refractivity contribution in [1.29, 1.82) is 0 Å². The number of fused-ring (bicyclic) bond motifs is 1. The first-order valence-electron chi connectivity index (χ1n) is 6.06. The molecule has 98 valence electrons. The number of amides is 2. The van der Waals surface area contributed by atoms with Crippen LogP contribution in [0.3, 0.4) is 0 Å². The van der Waals surface area contributed by atoms with E-state index in [1.165, 1.54) is 4.90 Å². The van der Waals surface area contributed by atoms with Gasteiger partial charge in [-0.05, 0) is 19.1 Å². The van der Waals surface area contributed by atoms with Crippen LogP contribution < -0.4 is 0 Å². The normalized spacial score (nSPS) is 14.9. The molecule has 1 aliphatic heterocycles. The number of hydrogen-bond donors (Lipinski definition) is 0. The Labute approximate surface area is 112 Å². The summed E-state index contributed by atoms with van der Waals surface area (Å²) >= 11 is 0. The van der Waals surface area contributed by atoms with Gasteiger partial charge in [0.2, 0.25) is 0 Å². The van der Waals surface area contributed by atoms with E-state index in [2.05, 4.69) is 11.8 Å². The number of ether oxygens (including phenoxy) is 1. The lowest BCUT2D eigenvalue weighted by atomic mass is 10.1. The number of methoxy groups -OCH3 is 1. The van der Waals surface area contributed by atoms with Crippen molar-refractivity contribution in [3.63, 3.8) is 0 Å². The average molecular weight is 257 g/mol. The van der Waals surface area contributed by atoms with E-state index in [4.69, 9.17) is 4.74 Å². The number of rotatable bonds is 4. The molecule has 2 rings (SSSR count). The summed E-state index contributed by atoms with van der Waals surface area (Å²) in [6.45, 7) is 2.02. The van der Waals surface area contributed by atoms with E-state index in [1.54, 1.807) is 38.3 Å². The summed E-state index contributed by atoms with van der Waals surface area (Å²) in [5.74, 6) is 5.15. The van der Waals surface area contributed by atoms with Crippen molar-refractivity contribution in [2.24, 2.45) is 0 Å². The van der Waals surface area contributed by atoms with Gasteiger partial charge in [0.15, 0.2) is 0 Å². The summed E-state index contributed by atoms with van der Waals surface area (Å²) in [4.78, 5) is 25.8. The van der Waals surface area contributed by atoms with E-state index in [0.717, 1.165) is 0 Å². The third-order valence-electron chi connectivity index (χ3n) is 3.06. The van der Waals surface area contributed by atoms with Gasteiger partial charge in [0, 0.05) is 13.5 Å². The van der Waals surface area contributed by atoms with Crippen LogP contribution in [0.1, 0.15) is 34.1 Å². The maximum Gasteiger partial charge on any atom is 0.261 e. The minimum Gasteiger partial charge on any atom is -0.382 e. The van der Waals surface area contributed by atoms with E-state index >= 15 is 0 Å². The molecule has 4 nitrogen and oxygen atoms in total. The molecule has 2 amide bonds. The van der Waals surface area contributed by atoms with Crippen molar-refractivity contribution in [3.8, 4) is 11.8 Å². The van der Waals surface area contributed by atoms with E-state index in [-0.39, 0.29) is 17.9 Å². The van der Waals surface area contributed by atoms with Crippen LogP contribution >= 0.6 is 0 Å². The fourth-order valence-corrected chi connectivity index (χ4v) is 2.18. The van der Waals surface area contributed by atoms with Gasteiger partial charge in [-0.1, -0.05) is 12.1 Å². The summed E-state index contributed by atoms with van der Waals surface area (Å²) in [5.41, 5.74) is 0.913. The number of nitrogens with zero attached hydrogens (tertiary/aromatic N) is 1. The first-order valence-corrected chi connectivity index (χ1v) is 6.06. The smallest absolute Gasteiger partial charge is 0.261 e. The summed E-state index contributed by atoms with van der Waals surface area (Å²) < 4.78 is 5.10. The van der Waals surface area contributed by atoms with Crippen molar-refractivity contribution >= 4 is 11.8 Å². The van der Waals surface area contributed by atoms with Crippen molar-refractivity contribution in [3.05, 3.63) is 35.4 Å². The lowest BCUT2D eigenvalue weighted by Gasteiger charge is -2.23. The molecule has 0 fully saturated rings. The Morgan fingerprint density at radius 3 is 2.26 bits per heavy atom. The van der Waals surface area contributed by atoms with Gasteiger partial charge in [-0.3, -0.25) is 14.5 Å². The maximum atomic E-state index is 12.3. The zero-order valence-corrected chi connectivity index (χ0v) is 11.0. The number of carbonyl (C=O) groups excluding carboxylic acids is 2. The monoisotopic (exact) mass is 257 g/mol. The van der Waals surface area contributed by atoms with E-state index < -0.39 is 0 Å². The summed E-state index contributed by atoms with van der Waals surface area (Å²) in [6, 6.07) is 6.51. The molecule has 1 aromatic carbocycles. The number of hydrogen-bond acceptors (Lipinski definition) is 3. The predicted molar refractivity (Wildman–Crippen MR) is 70.7 cm³/mol. The molecule has 1 aliphatic rings. The highest BCUT2D eigenvalue weighted by Crippen LogP contribution is 2.25. The van der Waals surface area contributed by atoms with Crippen LogP contribution in [0.4, 0.5) is 0 Å². The topological polar surface area (TPSA) is 46.6 Å². The van der Waals surface area contributed by atoms with Crippen molar-refractivity contribution in [2.75, 3.05) is 13.7 Å². The van der Waals surface area contributed by atoms with E-state index in [0.29, 0.717) is 24.2 Å². The number of imide groups is 1.